The van der Waals surface area contributed by atoms with Gasteiger partial charge in [0.1, 0.15) is 11.3 Å². The van der Waals surface area contributed by atoms with E-state index in [9.17, 15) is 19.2 Å². The molecule has 3 rings (SSSR count). The van der Waals surface area contributed by atoms with Gasteiger partial charge in [0.25, 0.3) is 0 Å². The highest BCUT2D eigenvalue weighted by Crippen LogP contribution is 2.37. The molecule has 1 aliphatic heterocycles. The Hall–Kier alpha value is -3.43. The van der Waals surface area contributed by atoms with Crippen molar-refractivity contribution in [3.05, 3.63) is 59.7 Å². The van der Waals surface area contributed by atoms with E-state index in [4.69, 9.17) is 14.2 Å². The lowest BCUT2D eigenvalue weighted by molar-refractivity contribution is -0.151. The van der Waals surface area contributed by atoms with Gasteiger partial charge >= 0.3 is 17.9 Å². The first kappa shape index (κ1) is 35.8. The largest absolute Gasteiger partial charge is 0.469 e. The fourth-order valence-corrected chi connectivity index (χ4v) is 5.50. The van der Waals surface area contributed by atoms with Crippen molar-refractivity contribution in [1.29, 1.82) is 0 Å². The summed E-state index contributed by atoms with van der Waals surface area (Å²) in [6, 6.07) is 14.9. The van der Waals surface area contributed by atoms with Gasteiger partial charge in [0, 0.05) is 31.7 Å². The third-order valence-electron chi connectivity index (χ3n) is 7.88. The van der Waals surface area contributed by atoms with Crippen LogP contribution in [0.4, 0.5) is 5.69 Å². The Balaban J connectivity index is 0.00000645. The number of para-hydroxylation sites is 2. The third-order valence-corrected chi connectivity index (χ3v) is 7.88. The molecule has 1 aliphatic rings. The van der Waals surface area contributed by atoms with Crippen LogP contribution in [0.15, 0.2) is 48.5 Å². The topological polar surface area (TPSA) is 102 Å². The highest BCUT2D eigenvalue weighted by Gasteiger charge is 2.50. The molecule has 43 heavy (non-hydrogen) atoms. The van der Waals surface area contributed by atoms with Crippen LogP contribution in [0.3, 0.4) is 0 Å². The van der Waals surface area contributed by atoms with Gasteiger partial charge in [-0.3, -0.25) is 19.3 Å². The van der Waals surface area contributed by atoms with Crippen molar-refractivity contribution >= 4 is 41.9 Å². The predicted molar refractivity (Wildman–Crippen MR) is 168 cm³/mol. The maximum absolute atomic E-state index is 13.9. The van der Waals surface area contributed by atoms with Crippen molar-refractivity contribution in [3.8, 4) is 5.75 Å². The molecule has 10 heteroatoms. The number of hydrogen-bond donors (Lipinski definition) is 0. The molecule has 0 atom stereocenters. The highest BCUT2D eigenvalue weighted by atomic mass is 35.5. The second kappa shape index (κ2) is 16.4. The molecule has 236 valence electrons. The van der Waals surface area contributed by atoms with Crippen molar-refractivity contribution in [1.82, 2.24) is 4.90 Å². The molecule has 0 radical (unpaired) electrons. The molecule has 0 spiro atoms. The maximum atomic E-state index is 13.9. The first-order chi connectivity index (χ1) is 20.0. The van der Waals surface area contributed by atoms with Crippen molar-refractivity contribution in [2.24, 2.45) is 0 Å². The number of nitrogens with zero attached hydrogens (tertiary/aromatic N) is 2. The van der Waals surface area contributed by atoms with Gasteiger partial charge in [0.2, 0.25) is 5.91 Å². The van der Waals surface area contributed by atoms with Crippen LogP contribution in [0.1, 0.15) is 82.8 Å². The Morgan fingerprint density at radius 2 is 1.37 bits per heavy atom. The van der Waals surface area contributed by atoms with E-state index in [1.165, 1.54) is 19.1 Å². The van der Waals surface area contributed by atoms with E-state index >= 15 is 0 Å². The second-order valence-electron chi connectivity index (χ2n) is 11.3. The van der Waals surface area contributed by atoms with Crippen LogP contribution < -0.4 is 9.64 Å². The fourth-order valence-electron chi connectivity index (χ4n) is 5.50. The summed E-state index contributed by atoms with van der Waals surface area (Å²) < 4.78 is 15.9. The summed E-state index contributed by atoms with van der Waals surface area (Å²) >= 11 is 0. The van der Waals surface area contributed by atoms with Gasteiger partial charge in [0.15, 0.2) is 0 Å². The number of piperidine rings is 1. The number of amides is 1. The molecule has 1 heterocycles. The zero-order chi connectivity index (χ0) is 30.9. The van der Waals surface area contributed by atoms with E-state index in [1.54, 1.807) is 24.3 Å². The Bertz CT molecular complexity index is 1210. The van der Waals surface area contributed by atoms with Gasteiger partial charge < -0.3 is 19.1 Å². The van der Waals surface area contributed by atoms with Crippen LogP contribution >= 0.6 is 12.4 Å². The van der Waals surface area contributed by atoms with E-state index in [0.717, 1.165) is 11.1 Å². The minimum absolute atomic E-state index is 0. The van der Waals surface area contributed by atoms with Gasteiger partial charge in [-0.2, -0.15) is 0 Å². The van der Waals surface area contributed by atoms with E-state index < -0.39 is 17.5 Å². The third kappa shape index (κ3) is 8.80. The van der Waals surface area contributed by atoms with Crippen LogP contribution in [-0.4, -0.2) is 68.1 Å². The fraction of sp³-hybridized carbons (Fsp3) is 0.515. The van der Waals surface area contributed by atoms with E-state index in [2.05, 4.69) is 4.90 Å². The van der Waals surface area contributed by atoms with Gasteiger partial charge in [-0.15, -0.1) is 12.4 Å². The predicted octanol–water partition coefficient (Wildman–Crippen LogP) is 5.64. The lowest BCUT2D eigenvalue weighted by Gasteiger charge is -2.46. The minimum Gasteiger partial charge on any atom is -0.469 e. The van der Waals surface area contributed by atoms with E-state index in [-0.39, 0.29) is 55.4 Å². The number of anilines is 1. The van der Waals surface area contributed by atoms with Crippen molar-refractivity contribution in [2.75, 3.05) is 38.8 Å². The average molecular weight is 617 g/mol. The standard InChI is InChI=1S/C33H44N2O7.ClH/c1-23(2)26-13-10-14-27(24(3)4)31(26)42-30(38)16-15-28(36)35(25-11-8-7-9-12-25)33(32(39)41-6)18-21-34(22-19-33)20-17-29(37)40-5;/h7-14,23-24H,15-22H2,1-6H3;1H. The van der Waals surface area contributed by atoms with Gasteiger partial charge in [-0.1, -0.05) is 64.1 Å². The van der Waals surface area contributed by atoms with Crippen molar-refractivity contribution in [2.45, 2.75) is 77.2 Å². The molecule has 0 unspecified atom stereocenters. The highest BCUT2D eigenvalue weighted by molar-refractivity contribution is 6.03. The Morgan fingerprint density at radius 1 is 0.791 bits per heavy atom. The quantitative estimate of drug-likeness (QED) is 0.223. The summed E-state index contributed by atoms with van der Waals surface area (Å²) in [5.74, 6) is -0.819. The Morgan fingerprint density at radius 3 is 1.88 bits per heavy atom. The molecule has 0 aliphatic carbocycles. The molecule has 0 aromatic heterocycles. The molecule has 9 nitrogen and oxygen atoms in total. The summed E-state index contributed by atoms with van der Waals surface area (Å²) in [6.45, 7) is 9.64. The normalized spacial score (nSPS) is 14.5. The zero-order valence-corrected chi connectivity index (χ0v) is 26.9. The molecular weight excluding hydrogens is 572 g/mol. The summed E-state index contributed by atoms with van der Waals surface area (Å²) in [5.41, 5.74) is 1.18. The van der Waals surface area contributed by atoms with Crippen LogP contribution in [0.2, 0.25) is 0 Å². The molecular formula is C33H45ClN2O7. The van der Waals surface area contributed by atoms with E-state index in [1.807, 2.05) is 52.0 Å². The number of carbonyl (C=O) groups is 4. The smallest absolute Gasteiger partial charge is 0.332 e. The van der Waals surface area contributed by atoms with E-state index in [0.29, 0.717) is 43.9 Å². The molecule has 0 saturated carbocycles. The number of likely N-dealkylation sites (tertiary alicyclic amines) is 1. The average Bonchev–Trinajstić information content (AvgIpc) is 2.99. The number of benzene rings is 2. The van der Waals surface area contributed by atoms with Crippen LogP contribution in [0.5, 0.6) is 5.75 Å². The Labute approximate surface area is 261 Å². The van der Waals surface area contributed by atoms with Crippen LogP contribution in [-0.2, 0) is 28.7 Å². The number of hydrogen-bond acceptors (Lipinski definition) is 8. The molecule has 1 fully saturated rings. The van der Waals surface area contributed by atoms with Crippen molar-refractivity contribution in [3.63, 3.8) is 0 Å². The first-order valence-corrected chi connectivity index (χ1v) is 14.6. The zero-order valence-electron chi connectivity index (χ0n) is 26.1. The lowest BCUT2D eigenvalue weighted by Crippen LogP contribution is -2.62. The molecule has 0 N–H and O–H groups in total. The van der Waals surface area contributed by atoms with Crippen LogP contribution in [0.25, 0.3) is 0 Å². The van der Waals surface area contributed by atoms with Crippen molar-refractivity contribution < 1.29 is 33.4 Å². The SMILES string of the molecule is COC(=O)CCN1CCC(C(=O)OC)(N(C(=O)CCC(=O)Oc2c(C(C)C)cccc2C(C)C)c2ccccc2)CC1.Cl. The van der Waals surface area contributed by atoms with Gasteiger partial charge in [-0.25, -0.2) is 4.79 Å². The summed E-state index contributed by atoms with van der Waals surface area (Å²) in [6.07, 6.45) is 0.578. The monoisotopic (exact) mass is 616 g/mol. The number of methoxy groups -OCH3 is 2. The Kier molecular flexibility index (Phi) is 13.7. The maximum Gasteiger partial charge on any atom is 0.332 e. The molecule has 2 aromatic rings. The van der Waals surface area contributed by atoms with Gasteiger partial charge in [0.05, 0.1) is 27.1 Å². The molecule has 1 amide bonds. The lowest BCUT2D eigenvalue weighted by atomic mass is 9.84. The number of esters is 3. The molecule has 0 bridgehead atoms. The molecule has 2 aromatic carbocycles. The summed E-state index contributed by atoms with van der Waals surface area (Å²) in [7, 11) is 2.67. The van der Waals surface area contributed by atoms with Crippen LogP contribution in [0, 0.1) is 0 Å². The summed E-state index contributed by atoms with van der Waals surface area (Å²) in [4.78, 5) is 55.7. The number of halogens is 1. The number of ether oxygens (including phenoxy) is 3. The minimum atomic E-state index is -1.26. The summed E-state index contributed by atoms with van der Waals surface area (Å²) in [5, 5.41) is 0. The number of rotatable bonds is 12. The number of carbonyl (C=O) groups excluding carboxylic acids is 4. The van der Waals surface area contributed by atoms with Gasteiger partial charge in [-0.05, 0) is 47.9 Å². The first-order valence-electron chi connectivity index (χ1n) is 14.6. The second-order valence-corrected chi connectivity index (χ2v) is 11.3. The molecule has 1 saturated heterocycles.